The highest BCUT2D eigenvalue weighted by molar-refractivity contribution is 5.44. The summed E-state index contributed by atoms with van der Waals surface area (Å²) >= 11 is 0. The minimum atomic E-state index is 0.341. The van der Waals surface area contributed by atoms with Crippen LogP contribution in [0.4, 0.5) is 0 Å². The van der Waals surface area contributed by atoms with Crippen molar-refractivity contribution in [3.8, 4) is 11.5 Å². The summed E-state index contributed by atoms with van der Waals surface area (Å²) in [6.07, 6.45) is 9.74. The monoisotopic (exact) mass is 416 g/mol. The Morgan fingerprint density at radius 1 is 0.733 bits per heavy atom. The van der Waals surface area contributed by atoms with Gasteiger partial charge in [0.2, 0.25) is 6.79 Å². The van der Waals surface area contributed by atoms with E-state index in [9.17, 15) is 0 Å². The lowest BCUT2D eigenvalue weighted by Crippen LogP contribution is -2.37. The molecule has 0 spiro atoms. The first kappa shape index (κ1) is 20.6. The maximum atomic E-state index is 5.72. The van der Waals surface area contributed by atoms with Gasteiger partial charge in [-0.3, -0.25) is 0 Å². The van der Waals surface area contributed by atoms with Gasteiger partial charge in [-0.2, -0.15) is 0 Å². The van der Waals surface area contributed by atoms with Crippen molar-refractivity contribution in [1.82, 2.24) is 10.6 Å². The molecule has 2 aliphatic heterocycles. The van der Waals surface area contributed by atoms with Gasteiger partial charge in [0.1, 0.15) is 6.79 Å². The smallest absolute Gasteiger partial charge is 0.231 e. The fourth-order valence-corrected chi connectivity index (χ4v) is 5.69. The molecule has 5 atom stereocenters. The molecule has 5 unspecified atom stereocenters. The second-order valence-corrected chi connectivity index (χ2v) is 9.58. The van der Waals surface area contributed by atoms with Gasteiger partial charge in [0.25, 0.3) is 0 Å². The maximum Gasteiger partial charge on any atom is 0.231 e. The second kappa shape index (κ2) is 9.86. The predicted molar refractivity (Wildman–Crippen MR) is 115 cm³/mol. The van der Waals surface area contributed by atoms with Crippen LogP contribution in [0, 0.1) is 17.8 Å². The van der Waals surface area contributed by atoms with Crippen molar-refractivity contribution in [1.29, 1.82) is 0 Å². The Balaban J connectivity index is 0.987. The average molecular weight is 417 g/mol. The van der Waals surface area contributed by atoms with Gasteiger partial charge in [0.05, 0.1) is 12.2 Å². The van der Waals surface area contributed by atoms with Gasteiger partial charge in [-0.15, -0.1) is 0 Å². The summed E-state index contributed by atoms with van der Waals surface area (Å²) in [5, 5.41) is 7.46. The van der Waals surface area contributed by atoms with Crippen LogP contribution >= 0.6 is 0 Å². The second-order valence-electron chi connectivity index (χ2n) is 9.58. The van der Waals surface area contributed by atoms with Crippen LogP contribution < -0.4 is 20.1 Å². The van der Waals surface area contributed by atoms with E-state index >= 15 is 0 Å². The van der Waals surface area contributed by atoms with Gasteiger partial charge in [0.15, 0.2) is 11.5 Å². The molecule has 3 fully saturated rings. The van der Waals surface area contributed by atoms with E-state index in [0.717, 1.165) is 61.7 Å². The first-order valence-electron chi connectivity index (χ1n) is 11.9. The van der Waals surface area contributed by atoms with Crippen LogP contribution in [0.2, 0.25) is 0 Å². The standard InChI is InChI=1S/C24H36N2O4/c1-2-17(11-25-13-19-4-6-21-23(9-19)29-15-27-21)8-18(3-1)12-26-14-20-5-7-22-24(10-20)30-16-28-22/h4,6,9,17-18,20,22,24-26H,1-3,5,7-8,10-16H2. The van der Waals surface area contributed by atoms with Gasteiger partial charge >= 0.3 is 0 Å². The number of ether oxygens (including phenoxy) is 4. The summed E-state index contributed by atoms with van der Waals surface area (Å²) in [4.78, 5) is 0. The van der Waals surface area contributed by atoms with Gasteiger partial charge in [-0.25, -0.2) is 0 Å². The van der Waals surface area contributed by atoms with Gasteiger partial charge in [-0.05, 0) is 93.6 Å². The van der Waals surface area contributed by atoms with E-state index in [1.54, 1.807) is 0 Å². The quantitative estimate of drug-likeness (QED) is 0.677. The Bertz CT molecular complexity index is 700. The van der Waals surface area contributed by atoms with Gasteiger partial charge < -0.3 is 29.6 Å². The third-order valence-electron chi connectivity index (χ3n) is 7.36. The van der Waals surface area contributed by atoms with E-state index in [2.05, 4.69) is 22.8 Å². The molecule has 6 heteroatoms. The molecular weight excluding hydrogens is 380 g/mol. The van der Waals surface area contributed by atoms with Crippen LogP contribution in [0.15, 0.2) is 18.2 Å². The molecule has 166 valence electrons. The molecule has 6 nitrogen and oxygen atoms in total. The van der Waals surface area contributed by atoms with Crippen LogP contribution in [0.3, 0.4) is 0 Å². The molecule has 0 amide bonds. The summed E-state index contributed by atoms with van der Waals surface area (Å²) in [5.74, 6) is 4.09. The van der Waals surface area contributed by atoms with E-state index in [1.807, 2.05) is 6.07 Å². The zero-order valence-corrected chi connectivity index (χ0v) is 17.9. The van der Waals surface area contributed by atoms with E-state index in [0.29, 0.717) is 25.8 Å². The Hall–Kier alpha value is -1.34. The van der Waals surface area contributed by atoms with E-state index < -0.39 is 0 Å². The molecule has 0 bridgehead atoms. The van der Waals surface area contributed by atoms with Crippen LogP contribution in [0.1, 0.15) is 50.5 Å². The van der Waals surface area contributed by atoms with Crippen LogP contribution in [0.25, 0.3) is 0 Å². The Kier molecular flexibility index (Phi) is 6.75. The SMILES string of the molecule is c1cc2c(cc1CNCC1CCCC(CNCC3CCC4OCOC4C3)C1)OCO2. The van der Waals surface area contributed by atoms with Crippen molar-refractivity contribution in [3.63, 3.8) is 0 Å². The molecule has 1 aromatic rings. The molecule has 0 radical (unpaired) electrons. The lowest BCUT2D eigenvalue weighted by Gasteiger charge is -2.32. The molecule has 1 saturated heterocycles. The number of rotatable bonds is 8. The molecule has 30 heavy (non-hydrogen) atoms. The molecule has 4 aliphatic rings. The number of benzene rings is 1. The van der Waals surface area contributed by atoms with Crippen molar-refractivity contribution in [3.05, 3.63) is 23.8 Å². The fraction of sp³-hybridized carbons (Fsp3) is 0.750. The Morgan fingerprint density at radius 2 is 1.50 bits per heavy atom. The molecule has 2 heterocycles. The third-order valence-corrected chi connectivity index (χ3v) is 7.36. The third kappa shape index (κ3) is 5.10. The lowest BCUT2D eigenvalue weighted by molar-refractivity contribution is 0.0388. The minimum Gasteiger partial charge on any atom is -0.454 e. The topological polar surface area (TPSA) is 61.0 Å². The van der Waals surface area contributed by atoms with E-state index in [-0.39, 0.29) is 0 Å². The summed E-state index contributed by atoms with van der Waals surface area (Å²) in [6.45, 7) is 5.14. The van der Waals surface area contributed by atoms with Crippen molar-refractivity contribution < 1.29 is 18.9 Å². The molecule has 2 aliphatic carbocycles. The molecule has 0 aromatic heterocycles. The highest BCUT2D eigenvalue weighted by atomic mass is 16.7. The van der Waals surface area contributed by atoms with Crippen molar-refractivity contribution in [2.75, 3.05) is 33.2 Å². The Morgan fingerprint density at radius 3 is 2.40 bits per heavy atom. The zero-order chi connectivity index (χ0) is 20.2. The zero-order valence-electron chi connectivity index (χ0n) is 17.9. The van der Waals surface area contributed by atoms with Crippen LogP contribution in [0.5, 0.6) is 11.5 Å². The van der Waals surface area contributed by atoms with Crippen molar-refractivity contribution in [2.24, 2.45) is 17.8 Å². The first-order valence-corrected chi connectivity index (χ1v) is 11.9. The van der Waals surface area contributed by atoms with Gasteiger partial charge in [-0.1, -0.05) is 12.5 Å². The maximum absolute atomic E-state index is 5.72. The molecule has 1 aromatic carbocycles. The number of nitrogens with one attached hydrogen (secondary N) is 2. The molecule has 2 saturated carbocycles. The summed E-state index contributed by atoms with van der Waals surface area (Å²) < 4.78 is 22.2. The summed E-state index contributed by atoms with van der Waals surface area (Å²) in [7, 11) is 0. The number of fused-ring (bicyclic) bond motifs is 2. The molecular formula is C24H36N2O4. The molecule has 2 N–H and O–H groups in total. The van der Waals surface area contributed by atoms with Crippen LogP contribution in [-0.2, 0) is 16.0 Å². The predicted octanol–water partition coefficient (Wildman–Crippen LogP) is 3.44. The number of hydrogen-bond donors (Lipinski definition) is 2. The largest absolute Gasteiger partial charge is 0.454 e. The summed E-state index contributed by atoms with van der Waals surface area (Å²) in [5.41, 5.74) is 1.26. The average Bonchev–Trinajstić information content (AvgIpc) is 3.42. The normalized spacial score (nSPS) is 32.9. The molecule has 5 rings (SSSR count). The van der Waals surface area contributed by atoms with Crippen molar-refractivity contribution in [2.45, 2.75) is 63.7 Å². The first-order chi connectivity index (χ1) is 14.8. The fourth-order valence-electron chi connectivity index (χ4n) is 5.69. The Labute approximate surface area is 180 Å². The van der Waals surface area contributed by atoms with E-state index in [1.165, 1.54) is 44.2 Å². The summed E-state index contributed by atoms with van der Waals surface area (Å²) in [6, 6.07) is 6.24. The minimum absolute atomic E-state index is 0.341. The van der Waals surface area contributed by atoms with Gasteiger partial charge in [0, 0.05) is 6.54 Å². The van der Waals surface area contributed by atoms with Crippen molar-refractivity contribution >= 4 is 0 Å². The van der Waals surface area contributed by atoms with E-state index in [4.69, 9.17) is 18.9 Å². The number of hydrogen-bond acceptors (Lipinski definition) is 6. The highest BCUT2D eigenvalue weighted by Crippen LogP contribution is 2.33. The lowest BCUT2D eigenvalue weighted by atomic mass is 9.81. The highest BCUT2D eigenvalue weighted by Gasteiger charge is 2.35. The van der Waals surface area contributed by atoms with Crippen LogP contribution in [-0.4, -0.2) is 45.4 Å².